The molecule has 1 fully saturated rings. The summed E-state index contributed by atoms with van der Waals surface area (Å²) in [4.78, 5) is 36.7. The zero-order chi connectivity index (χ0) is 20.5. The van der Waals surface area contributed by atoms with E-state index < -0.39 is 35.5 Å². The predicted molar refractivity (Wildman–Crippen MR) is 96.1 cm³/mol. The van der Waals surface area contributed by atoms with E-state index >= 15 is 0 Å². The van der Waals surface area contributed by atoms with Crippen LogP contribution in [0.4, 0.5) is 18.9 Å². The smallest absolute Gasteiger partial charge is 0.324 e. The molecule has 1 saturated heterocycles. The van der Waals surface area contributed by atoms with Gasteiger partial charge in [0.25, 0.3) is 0 Å². The van der Waals surface area contributed by atoms with Crippen LogP contribution in [0.5, 0.6) is 0 Å². The first-order valence-electron chi connectivity index (χ1n) is 8.61. The maximum atomic E-state index is 13.5. The lowest BCUT2D eigenvalue weighted by Gasteiger charge is -2.22. The Bertz CT molecular complexity index is 910. The molecule has 0 unspecified atom stereocenters. The van der Waals surface area contributed by atoms with Gasteiger partial charge >= 0.3 is 6.18 Å². The number of halogens is 3. The van der Waals surface area contributed by atoms with Gasteiger partial charge in [-0.25, -0.2) is 0 Å². The molecule has 8 heteroatoms. The van der Waals surface area contributed by atoms with Gasteiger partial charge in [-0.05, 0) is 30.2 Å². The van der Waals surface area contributed by atoms with Crippen molar-refractivity contribution in [1.29, 1.82) is 0 Å². The average Bonchev–Trinajstić information content (AvgIpc) is 2.99. The van der Waals surface area contributed by atoms with E-state index in [2.05, 4.69) is 5.32 Å². The summed E-state index contributed by atoms with van der Waals surface area (Å²) in [5.74, 6) is -1.67. The van der Waals surface area contributed by atoms with E-state index in [4.69, 9.17) is 0 Å². The molecular formula is C20H17F3N2O3. The minimum absolute atomic E-state index is 0.0101. The molecule has 146 valence electrons. The summed E-state index contributed by atoms with van der Waals surface area (Å²) in [6.45, 7) is 1.36. The second-order valence-electron chi connectivity index (χ2n) is 6.45. The maximum absolute atomic E-state index is 13.5. The third-order valence-electron chi connectivity index (χ3n) is 4.53. The fourth-order valence-corrected chi connectivity index (χ4v) is 3.12. The summed E-state index contributed by atoms with van der Waals surface area (Å²) < 4.78 is 40.6. The number of nitrogens with zero attached hydrogens (tertiary/aromatic N) is 1. The van der Waals surface area contributed by atoms with Gasteiger partial charge < -0.3 is 5.32 Å². The SMILES string of the molecule is C[C@@H](C(=O)Nc1ccc(-c2ccccc2)c(C(F)(F)F)c1)N1C(=O)CCC1=O. The number of hydrogen-bond acceptors (Lipinski definition) is 3. The van der Waals surface area contributed by atoms with Crippen molar-refractivity contribution in [3.8, 4) is 11.1 Å². The van der Waals surface area contributed by atoms with Crippen LogP contribution in [0.25, 0.3) is 11.1 Å². The highest BCUT2D eigenvalue weighted by atomic mass is 19.4. The standard InChI is InChI=1S/C20H17F3N2O3/c1-12(25-17(26)9-10-18(25)27)19(28)24-14-7-8-15(13-5-3-2-4-6-13)16(11-14)20(21,22)23/h2-8,11-12H,9-10H2,1H3,(H,24,28)/t12-/m0/s1. The van der Waals surface area contributed by atoms with Gasteiger partial charge in [-0.3, -0.25) is 19.3 Å². The Labute approximate surface area is 159 Å². The summed E-state index contributed by atoms with van der Waals surface area (Å²) in [5, 5.41) is 2.37. The van der Waals surface area contributed by atoms with Gasteiger partial charge in [0, 0.05) is 18.5 Å². The minimum Gasteiger partial charge on any atom is -0.324 e. The molecule has 5 nitrogen and oxygen atoms in total. The van der Waals surface area contributed by atoms with E-state index in [-0.39, 0.29) is 24.1 Å². The van der Waals surface area contributed by atoms with E-state index in [1.807, 2.05) is 0 Å². The lowest BCUT2D eigenvalue weighted by atomic mass is 9.98. The van der Waals surface area contributed by atoms with E-state index in [0.29, 0.717) is 5.56 Å². The fraction of sp³-hybridized carbons (Fsp3) is 0.250. The van der Waals surface area contributed by atoms with Crippen LogP contribution in [-0.2, 0) is 20.6 Å². The number of carbonyl (C=O) groups excluding carboxylic acids is 3. The second kappa shape index (κ2) is 7.46. The van der Waals surface area contributed by atoms with Gasteiger partial charge in [0.15, 0.2) is 0 Å². The number of hydrogen-bond donors (Lipinski definition) is 1. The number of imide groups is 1. The maximum Gasteiger partial charge on any atom is 0.417 e. The molecule has 0 radical (unpaired) electrons. The molecule has 1 heterocycles. The molecular weight excluding hydrogens is 373 g/mol. The summed E-state index contributed by atoms with van der Waals surface area (Å²) in [6, 6.07) is 10.5. The number of nitrogens with one attached hydrogen (secondary N) is 1. The average molecular weight is 390 g/mol. The first-order chi connectivity index (χ1) is 13.2. The van der Waals surface area contributed by atoms with Crippen molar-refractivity contribution in [3.05, 3.63) is 54.1 Å². The molecule has 3 rings (SSSR count). The molecule has 0 aromatic heterocycles. The zero-order valence-corrected chi connectivity index (χ0v) is 14.9. The van der Waals surface area contributed by atoms with Crippen molar-refractivity contribution in [2.75, 3.05) is 5.32 Å². The summed E-state index contributed by atoms with van der Waals surface area (Å²) in [7, 11) is 0. The first kappa shape index (κ1) is 19.6. The Hall–Kier alpha value is -3.16. The van der Waals surface area contributed by atoms with E-state index in [0.717, 1.165) is 11.0 Å². The molecule has 0 spiro atoms. The lowest BCUT2D eigenvalue weighted by Crippen LogP contribution is -2.45. The highest BCUT2D eigenvalue weighted by molar-refractivity contribution is 6.07. The molecule has 0 bridgehead atoms. The summed E-state index contributed by atoms with van der Waals surface area (Å²) in [5.41, 5.74) is -0.571. The van der Waals surface area contributed by atoms with Crippen LogP contribution in [0.2, 0.25) is 0 Å². The van der Waals surface area contributed by atoms with Crippen molar-refractivity contribution in [1.82, 2.24) is 4.90 Å². The Morgan fingerprint density at radius 3 is 2.21 bits per heavy atom. The normalized spacial score (nSPS) is 15.6. The van der Waals surface area contributed by atoms with Crippen molar-refractivity contribution >= 4 is 23.4 Å². The largest absolute Gasteiger partial charge is 0.417 e. The molecule has 1 N–H and O–H groups in total. The van der Waals surface area contributed by atoms with Crippen molar-refractivity contribution in [3.63, 3.8) is 0 Å². The van der Waals surface area contributed by atoms with Crippen LogP contribution in [0, 0.1) is 0 Å². The monoisotopic (exact) mass is 390 g/mol. The van der Waals surface area contributed by atoms with Gasteiger partial charge in [0.1, 0.15) is 6.04 Å². The van der Waals surface area contributed by atoms with Gasteiger partial charge in [0.2, 0.25) is 17.7 Å². The van der Waals surface area contributed by atoms with Crippen molar-refractivity contribution in [2.24, 2.45) is 0 Å². The third-order valence-corrected chi connectivity index (χ3v) is 4.53. The molecule has 1 aliphatic rings. The number of likely N-dealkylation sites (tertiary alicyclic amines) is 1. The van der Waals surface area contributed by atoms with E-state index in [9.17, 15) is 27.6 Å². The number of anilines is 1. The van der Waals surface area contributed by atoms with Crippen molar-refractivity contribution < 1.29 is 27.6 Å². The molecule has 28 heavy (non-hydrogen) atoms. The van der Waals surface area contributed by atoms with Gasteiger partial charge in [0.05, 0.1) is 5.56 Å². The molecule has 1 aliphatic heterocycles. The Morgan fingerprint density at radius 1 is 1.04 bits per heavy atom. The highest BCUT2D eigenvalue weighted by Crippen LogP contribution is 2.38. The van der Waals surface area contributed by atoms with Crippen LogP contribution in [0.15, 0.2) is 48.5 Å². The minimum atomic E-state index is -4.63. The van der Waals surface area contributed by atoms with Crippen molar-refractivity contribution in [2.45, 2.75) is 32.0 Å². The highest BCUT2D eigenvalue weighted by Gasteiger charge is 2.37. The Morgan fingerprint density at radius 2 is 1.64 bits per heavy atom. The van der Waals surface area contributed by atoms with Crippen LogP contribution >= 0.6 is 0 Å². The fourth-order valence-electron chi connectivity index (χ4n) is 3.12. The predicted octanol–water partition coefficient (Wildman–Crippen LogP) is 3.85. The summed E-state index contributed by atoms with van der Waals surface area (Å²) >= 11 is 0. The van der Waals surface area contributed by atoms with Gasteiger partial charge in [-0.2, -0.15) is 13.2 Å². The Kier molecular flexibility index (Phi) is 5.22. The molecule has 0 aliphatic carbocycles. The molecule has 1 atom stereocenters. The molecule has 3 amide bonds. The van der Waals surface area contributed by atoms with Crippen LogP contribution < -0.4 is 5.32 Å². The Balaban J connectivity index is 1.88. The quantitative estimate of drug-likeness (QED) is 0.807. The second-order valence-corrected chi connectivity index (χ2v) is 6.45. The molecule has 0 saturated carbocycles. The number of benzene rings is 2. The molecule has 2 aromatic rings. The number of rotatable bonds is 4. The van der Waals surface area contributed by atoms with E-state index in [1.165, 1.54) is 19.1 Å². The number of alkyl halides is 3. The first-order valence-corrected chi connectivity index (χ1v) is 8.61. The van der Waals surface area contributed by atoms with Crippen LogP contribution in [-0.4, -0.2) is 28.7 Å². The van der Waals surface area contributed by atoms with E-state index in [1.54, 1.807) is 30.3 Å². The zero-order valence-electron chi connectivity index (χ0n) is 14.9. The van der Waals surface area contributed by atoms with Crippen LogP contribution in [0.3, 0.4) is 0 Å². The lowest BCUT2D eigenvalue weighted by molar-refractivity contribution is -0.144. The van der Waals surface area contributed by atoms with Crippen LogP contribution in [0.1, 0.15) is 25.3 Å². The van der Waals surface area contributed by atoms with Gasteiger partial charge in [-0.15, -0.1) is 0 Å². The van der Waals surface area contributed by atoms with Gasteiger partial charge in [-0.1, -0.05) is 36.4 Å². The third kappa shape index (κ3) is 3.90. The molecule has 2 aromatic carbocycles. The summed E-state index contributed by atoms with van der Waals surface area (Å²) in [6.07, 6.45) is -4.57. The number of amides is 3. The topological polar surface area (TPSA) is 66.5 Å². The number of carbonyl (C=O) groups is 3.